The molecule has 2 heterocycles. The Morgan fingerprint density at radius 3 is 2.43 bits per heavy atom. The molecular weight excluding hydrogens is 392 g/mol. The van der Waals surface area contributed by atoms with Crippen molar-refractivity contribution in [2.24, 2.45) is 0 Å². The van der Waals surface area contributed by atoms with Gasteiger partial charge < -0.3 is 4.74 Å². The average Bonchev–Trinajstić information content (AvgIpc) is 3.24. The Morgan fingerprint density at radius 2 is 1.71 bits per heavy atom. The average molecular weight is 415 g/mol. The zero-order valence-corrected chi connectivity index (χ0v) is 17.3. The quantitative estimate of drug-likeness (QED) is 0.609. The smallest absolute Gasteiger partial charge is 0.243 e. The van der Waals surface area contributed by atoms with Gasteiger partial charge in [0.25, 0.3) is 0 Å². The van der Waals surface area contributed by atoms with Gasteiger partial charge in [-0.3, -0.25) is 0 Å². The van der Waals surface area contributed by atoms with Crippen molar-refractivity contribution in [1.82, 2.24) is 9.29 Å². The highest BCUT2D eigenvalue weighted by Crippen LogP contribution is 2.34. The largest absolute Gasteiger partial charge is 0.496 e. The van der Waals surface area contributed by atoms with E-state index in [1.807, 2.05) is 41.8 Å². The second kappa shape index (κ2) is 8.03. The first-order valence-corrected chi connectivity index (χ1v) is 11.6. The molecule has 28 heavy (non-hydrogen) atoms. The summed E-state index contributed by atoms with van der Waals surface area (Å²) in [7, 11) is -1.76. The SMILES string of the molecule is COc1ccccc1-c1nc(-c2ccc(S(=O)(=O)N3CCCCC3)cc2)cs1. The Bertz CT molecular complexity index is 1050. The fourth-order valence-corrected chi connectivity index (χ4v) is 5.78. The normalized spacial score (nSPS) is 15.5. The van der Waals surface area contributed by atoms with Crippen molar-refractivity contribution >= 4 is 21.4 Å². The number of thiazole rings is 1. The molecule has 0 unspecified atom stereocenters. The predicted octanol–water partition coefficient (Wildman–Crippen LogP) is 4.66. The summed E-state index contributed by atoms with van der Waals surface area (Å²) in [6, 6.07) is 14.8. The van der Waals surface area contributed by atoms with Gasteiger partial charge in [-0.2, -0.15) is 4.31 Å². The number of aromatic nitrogens is 1. The molecular formula is C21H22N2O3S2. The van der Waals surface area contributed by atoms with Gasteiger partial charge in [0.2, 0.25) is 10.0 Å². The van der Waals surface area contributed by atoms with Crippen molar-refractivity contribution in [1.29, 1.82) is 0 Å². The molecule has 1 fully saturated rings. The molecule has 0 spiro atoms. The van der Waals surface area contributed by atoms with Gasteiger partial charge in [0.05, 0.1) is 23.3 Å². The summed E-state index contributed by atoms with van der Waals surface area (Å²) in [5.74, 6) is 0.784. The van der Waals surface area contributed by atoms with Crippen LogP contribution in [0.15, 0.2) is 58.8 Å². The van der Waals surface area contributed by atoms with Gasteiger partial charge in [-0.15, -0.1) is 11.3 Å². The van der Waals surface area contributed by atoms with E-state index in [9.17, 15) is 8.42 Å². The van der Waals surface area contributed by atoms with E-state index in [0.717, 1.165) is 46.8 Å². The number of benzene rings is 2. The summed E-state index contributed by atoms with van der Waals surface area (Å²) < 4.78 is 32.6. The van der Waals surface area contributed by atoms with E-state index in [-0.39, 0.29) is 0 Å². The molecule has 4 rings (SSSR count). The highest BCUT2D eigenvalue weighted by molar-refractivity contribution is 7.89. The second-order valence-electron chi connectivity index (χ2n) is 6.73. The second-order valence-corrected chi connectivity index (χ2v) is 9.52. The minimum Gasteiger partial charge on any atom is -0.496 e. The highest BCUT2D eigenvalue weighted by atomic mass is 32.2. The van der Waals surface area contributed by atoms with E-state index < -0.39 is 10.0 Å². The van der Waals surface area contributed by atoms with Crippen LogP contribution >= 0.6 is 11.3 Å². The van der Waals surface area contributed by atoms with Gasteiger partial charge in [0.1, 0.15) is 10.8 Å². The van der Waals surface area contributed by atoms with Crippen LogP contribution in [0.5, 0.6) is 5.75 Å². The van der Waals surface area contributed by atoms with Crippen LogP contribution in [0.3, 0.4) is 0 Å². The number of sulfonamides is 1. The molecule has 0 N–H and O–H groups in total. The van der Waals surface area contributed by atoms with E-state index in [4.69, 9.17) is 9.72 Å². The molecule has 1 saturated heterocycles. The lowest BCUT2D eigenvalue weighted by Gasteiger charge is -2.25. The Morgan fingerprint density at radius 1 is 1.00 bits per heavy atom. The topological polar surface area (TPSA) is 59.5 Å². The van der Waals surface area contributed by atoms with Crippen LogP contribution in [0, 0.1) is 0 Å². The maximum Gasteiger partial charge on any atom is 0.243 e. The summed E-state index contributed by atoms with van der Waals surface area (Å²) >= 11 is 1.54. The van der Waals surface area contributed by atoms with Gasteiger partial charge in [0, 0.05) is 24.0 Å². The number of hydrogen-bond donors (Lipinski definition) is 0. The number of nitrogens with zero attached hydrogens (tertiary/aromatic N) is 2. The van der Waals surface area contributed by atoms with Crippen LogP contribution in [-0.4, -0.2) is 37.9 Å². The first-order valence-electron chi connectivity index (χ1n) is 9.29. The van der Waals surface area contributed by atoms with Gasteiger partial charge in [-0.05, 0) is 37.1 Å². The molecule has 7 heteroatoms. The number of methoxy groups -OCH3 is 1. The number of rotatable bonds is 5. The standard InChI is InChI=1S/C21H22N2O3S2/c1-26-20-8-4-3-7-18(20)21-22-19(15-27-21)16-9-11-17(12-10-16)28(24,25)23-13-5-2-6-14-23/h3-4,7-12,15H,2,5-6,13-14H2,1H3. The maximum atomic E-state index is 12.8. The Balaban J connectivity index is 1.59. The molecule has 0 amide bonds. The lowest BCUT2D eigenvalue weighted by atomic mass is 10.2. The van der Waals surface area contributed by atoms with Crippen molar-refractivity contribution in [3.05, 3.63) is 53.9 Å². The zero-order chi connectivity index (χ0) is 19.6. The van der Waals surface area contributed by atoms with Gasteiger partial charge in [0.15, 0.2) is 0 Å². The lowest BCUT2D eigenvalue weighted by molar-refractivity contribution is 0.346. The maximum absolute atomic E-state index is 12.8. The number of ether oxygens (including phenoxy) is 1. The van der Waals surface area contributed by atoms with Crippen LogP contribution < -0.4 is 4.74 Å². The molecule has 2 aromatic carbocycles. The molecule has 0 bridgehead atoms. The summed E-state index contributed by atoms with van der Waals surface area (Å²) in [6.45, 7) is 1.22. The van der Waals surface area contributed by atoms with E-state index in [2.05, 4.69) is 0 Å². The third-order valence-corrected chi connectivity index (χ3v) is 7.73. The first-order chi connectivity index (χ1) is 13.6. The first kappa shape index (κ1) is 19.1. The van der Waals surface area contributed by atoms with Crippen LogP contribution in [0.2, 0.25) is 0 Å². The zero-order valence-electron chi connectivity index (χ0n) is 15.7. The van der Waals surface area contributed by atoms with Crippen LogP contribution in [0.25, 0.3) is 21.8 Å². The molecule has 3 aromatic rings. The summed E-state index contributed by atoms with van der Waals surface area (Å²) in [6.07, 6.45) is 2.97. The van der Waals surface area contributed by atoms with Crippen LogP contribution in [0.1, 0.15) is 19.3 Å². The summed E-state index contributed by atoms with van der Waals surface area (Å²) in [5, 5.41) is 2.85. The molecule has 1 aromatic heterocycles. The fourth-order valence-electron chi connectivity index (χ4n) is 3.40. The number of piperidine rings is 1. The molecule has 0 saturated carbocycles. The van der Waals surface area contributed by atoms with E-state index in [1.165, 1.54) is 0 Å². The summed E-state index contributed by atoms with van der Waals surface area (Å²) in [5.41, 5.74) is 2.67. The number of hydrogen-bond acceptors (Lipinski definition) is 5. The minimum atomic E-state index is -3.41. The molecule has 1 aliphatic heterocycles. The molecule has 0 aliphatic carbocycles. The van der Waals surface area contributed by atoms with Gasteiger partial charge in [-0.1, -0.05) is 30.7 Å². The third kappa shape index (κ3) is 3.70. The lowest BCUT2D eigenvalue weighted by Crippen LogP contribution is -2.35. The van der Waals surface area contributed by atoms with Crippen molar-refractivity contribution in [3.8, 4) is 27.6 Å². The van der Waals surface area contributed by atoms with E-state index >= 15 is 0 Å². The molecule has 1 aliphatic rings. The van der Waals surface area contributed by atoms with Crippen LogP contribution in [-0.2, 0) is 10.0 Å². The Labute approximate surface area is 169 Å². The number of para-hydroxylation sites is 1. The molecule has 146 valence electrons. The Kier molecular flexibility index (Phi) is 5.48. The summed E-state index contributed by atoms with van der Waals surface area (Å²) in [4.78, 5) is 5.07. The van der Waals surface area contributed by atoms with Crippen molar-refractivity contribution in [2.75, 3.05) is 20.2 Å². The van der Waals surface area contributed by atoms with Crippen molar-refractivity contribution in [3.63, 3.8) is 0 Å². The van der Waals surface area contributed by atoms with Gasteiger partial charge >= 0.3 is 0 Å². The van der Waals surface area contributed by atoms with E-state index in [0.29, 0.717) is 18.0 Å². The highest BCUT2D eigenvalue weighted by Gasteiger charge is 2.25. The fraction of sp³-hybridized carbons (Fsp3) is 0.286. The van der Waals surface area contributed by atoms with Crippen molar-refractivity contribution < 1.29 is 13.2 Å². The molecule has 0 atom stereocenters. The molecule has 5 nitrogen and oxygen atoms in total. The monoisotopic (exact) mass is 414 g/mol. The molecule has 0 radical (unpaired) electrons. The van der Waals surface area contributed by atoms with Crippen molar-refractivity contribution in [2.45, 2.75) is 24.2 Å². The minimum absolute atomic E-state index is 0.346. The predicted molar refractivity (Wildman–Crippen MR) is 112 cm³/mol. The third-order valence-electron chi connectivity index (χ3n) is 4.94. The van der Waals surface area contributed by atoms with E-state index in [1.54, 1.807) is 34.9 Å². The Hall–Kier alpha value is -2.22. The van der Waals surface area contributed by atoms with Gasteiger partial charge in [-0.25, -0.2) is 13.4 Å². The van der Waals surface area contributed by atoms with Crippen LogP contribution in [0.4, 0.5) is 0 Å².